The molecule has 0 radical (unpaired) electrons. The Kier molecular flexibility index (Phi) is 5.23. The smallest absolute Gasteiger partial charge is 0.409 e. The van der Waals surface area contributed by atoms with E-state index < -0.39 is 5.60 Å². The van der Waals surface area contributed by atoms with Crippen LogP contribution in [0.5, 0.6) is 0 Å². The van der Waals surface area contributed by atoms with Gasteiger partial charge in [0.1, 0.15) is 6.61 Å². The van der Waals surface area contributed by atoms with Gasteiger partial charge >= 0.3 is 6.09 Å². The monoisotopic (exact) mass is 345 g/mol. The van der Waals surface area contributed by atoms with Crippen molar-refractivity contribution in [3.8, 4) is 0 Å². The third kappa shape index (κ3) is 4.11. The molecular weight excluding hydrogens is 322 g/mol. The fraction of sp³-hybridized carbons (Fsp3) is 0.444. The molecule has 1 aromatic heterocycles. The molecule has 0 unspecified atom stereocenters. The van der Waals surface area contributed by atoms with Crippen molar-refractivity contribution in [1.82, 2.24) is 14.8 Å². The number of amides is 1. The number of hydrogen-bond donors (Lipinski definition) is 1. The molecule has 1 aromatic carbocycles. The lowest BCUT2D eigenvalue weighted by molar-refractivity contribution is -0.0251. The van der Waals surface area contributed by atoms with Crippen LogP contribution in [-0.2, 0) is 16.9 Å². The fourth-order valence-electron chi connectivity index (χ4n) is 2.89. The Morgan fingerprint density at radius 1 is 1.28 bits per heavy atom. The zero-order chi connectivity index (χ0) is 17.7. The first-order valence-corrected chi connectivity index (χ1v) is 8.47. The van der Waals surface area contributed by atoms with E-state index in [9.17, 15) is 9.90 Å². The summed E-state index contributed by atoms with van der Waals surface area (Å²) in [4.78, 5) is 20.4. The molecule has 25 heavy (non-hydrogen) atoms. The SMILES string of the molecule is CCOC(=O)N1CCC(O)(c2cnn(OCc3ccccc3)c2)CC1. The molecule has 1 N–H and O–H groups in total. The molecule has 0 bridgehead atoms. The number of benzene rings is 1. The molecule has 2 heterocycles. The summed E-state index contributed by atoms with van der Waals surface area (Å²) in [5, 5.41) is 15.0. The molecule has 3 rings (SSSR count). The van der Waals surface area contributed by atoms with Crippen molar-refractivity contribution in [2.75, 3.05) is 19.7 Å². The molecule has 134 valence electrons. The second-order valence-electron chi connectivity index (χ2n) is 6.11. The van der Waals surface area contributed by atoms with Crippen molar-refractivity contribution in [3.05, 3.63) is 53.9 Å². The predicted octanol–water partition coefficient (Wildman–Crippen LogP) is 1.95. The van der Waals surface area contributed by atoms with Crippen LogP contribution in [0.3, 0.4) is 0 Å². The van der Waals surface area contributed by atoms with Gasteiger partial charge < -0.3 is 19.6 Å². The van der Waals surface area contributed by atoms with Crippen molar-refractivity contribution >= 4 is 6.09 Å². The van der Waals surface area contributed by atoms with Gasteiger partial charge in [-0.3, -0.25) is 0 Å². The average molecular weight is 345 g/mol. The Hall–Kier alpha value is -2.54. The lowest BCUT2D eigenvalue weighted by Gasteiger charge is -2.37. The molecule has 1 saturated heterocycles. The van der Waals surface area contributed by atoms with Crippen molar-refractivity contribution < 1.29 is 19.5 Å². The third-order valence-corrected chi connectivity index (χ3v) is 4.42. The molecule has 0 spiro atoms. The standard InChI is InChI=1S/C18H23N3O4/c1-2-24-17(22)20-10-8-18(23,9-11-20)16-12-19-21(13-16)25-14-15-6-4-3-5-7-15/h3-7,12-13,23H,2,8-11,14H2,1H3. The van der Waals surface area contributed by atoms with Gasteiger partial charge in [-0.25, -0.2) is 4.79 Å². The number of piperidine rings is 1. The van der Waals surface area contributed by atoms with E-state index in [4.69, 9.17) is 9.57 Å². The van der Waals surface area contributed by atoms with Crippen LogP contribution >= 0.6 is 0 Å². The maximum atomic E-state index is 11.8. The van der Waals surface area contributed by atoms with Gasteiger partial charge in [-0.1, -0.05) is 30.3 Å². The summed E-state index contributed by atoms with van der Waals surface area (Å²) in [6.45, 7) is 3.43. The van der Waals surface area contributed by atoms with Gasteiger partial charge in [0.25, 0.3) is 0 Å². The number of carbonyl (C=O) groups is 1. The van der Waals surface area contributed by atoms with E-state index in [1.54, 1.807) is 24.2 Å². The van der Waals surface area contributed by atoms with Crippen LogP contribution < -0.4 is 4.84 Å². The first-order valence-electron chi connectivity index (χ1n) is 8.47. The normalized spacial score (nSPS) is 16.5. The van der Waals surface area contributed by atoms with E-state index in [-0.39, 0.29) is 6.09 Å². The third-order valence-electron chi connectivity index (χ3n) is 4.42. The molecule has 0 aliphatic carbocycles. The van der Waals surface area contributed by atoms with Crippen LogP contribution in [0.25, 0.3) is 0 Å². The van der Waals surface area contributed by atoms with Crippen LogP contribution in [-0.4, -0.2) is 45.7 Å². The van der Waals surface area contributed by atoms with Crippen molar-refractivity contribution in [3.63, 3.8) is 0 Å². The highest BCUT2D eigenvalue weighted by Gasteiger charge is 2.37. The quantitative estimate of drug-likeness (QED) is 0.896. The summed E-state index contributed by atoms with van der Waals surface area (Å²) >= 11 is 0. The van der Waals surface area contributed by atoms with Gasteiger partial charge in [0, 0.05) is 18.7 Å². The van der Waals surface area contributed by atoms with Gasteiger partial charge in [-0.2, -0.15) is 0 Å². The maximum absolute atomic E-state index is 11.8. The average Bonchev–Trinajstić information content (AvgIpc) is 3.12. The molecule has 1 fully saturated rings. The van der Waals surface area contributed by atoms with Gasteiger partial charge in [0.2, 0.25) is 0 Å². The first-order chi connectivity index (χ1) is 12.1. The number of aliphatic hydroxyl groups is 1. The van der Waals surface area contributed by atoms with Crippen LogP contribution in [0, 0.1) is 0 Å². The van der Waals surface area contributed by atoms with E-state index in [2.05, 4.69) is 5.10 Å². The first kappa shape index (κ1) is 17.3. The van der Waals surface area contributed by atoms with Crippen LogP contribution in [0.2, 0.25) is 0 Å². The van der Waals surface area contributed by atoms with Gasteiger partial charge in [-0.05, 0) is 25.3 Å². The highest BCUT2D eigenvalue weighted by molar-refractivity contribution is 5.67. The number of aromatic nitrogens is 2. The number of ether oxygens (including phenoxy) is 1. The lowest BCUT2D eigenvalue weighted by Crippen LogP contribution is -2.45. The summed E-state index contributed by atoms with van der Waals surface area (Å²) in [5.74, 6) is 0. The molecule has 7 nitrogen and oxygen atoms in total. The Bertz CT molecular complexity index is 693. The topological polar surface area (TPSA) is 76.8 Å². The molecular formula is C18H23N3O4. The van der Waals surface area contributed by atoms with Crippen LogP contribution in [0.1, 0.15) is 30.9 Å². The Labute approximate surface area is 146 Å². The highest BCUT2D eigenvalue weighted by atomic mass is 16.7. The lowest BCUT2D eigenvalue weighted by atomic mass is 9.86. The van der Waals surface area contributed by atoms with E-state index in [0.717, 1.165) is 5.56 Å². The second kappa shape index (κ2) is 7.57. The predicted molar refractivity (Wildman–Crippen MR) is 90.7 cm³/mol. The highest BCUT2D eigenvalue weighted by Crippen LogP contribution is 2.32. The Morgan fingerprint density at radius 2 is 2.00 bits per heavy atom. The minimum absolute atomic E-state index is 0.327. The largest absolute Gasteiger partial charge is 0.450 e. The Morgan fingerprint density at radius 3 is 2.68 bits per heavy atom. The number of likely N-dealkylation sites (tertiary alicyclic amines) is 1. The molecule has 1 amide bonds. The molecule has 7 heteroatoms. The van der Waals surface area contributed by atoms with Crippen LogP contribution in [0.15, 0.2) is 42.7 Å². The van der Waals surface area contributed by atoms with Gasteiger partial charge in [0.05, 0.1) is 24.6 Å². The maximum Gasteiger partial charge on any atom is 0.409 e. The summed E-state index contributed by atoms with van der Waals surface area (Å²) in [6.07, 6.45) is 3.87. The van der Waals surface area contributed by atoms with Crippen molar-refractivity contribution in [2.24, 2.45) is 0 Å². The van der Waals surface area contributed by atoms with Gasteiger partial charge in [0.15, 0.2) is 0 Å². The summed E-state index contributed by atoms with van der Waals surface area (Å²) < 4.78 is 5.00. The van der Waals surface area contributed by atoms with E-state index in [1.807, 2.05) is 30.3 Å². The number of rotatable bonds is 5. The summed E-state index contributed by atoms with van der Waals surface area (Å²) in [5.41, 5.74) is 0.738. The molecule has 0 saturated carbocycles. The van der Waals surface area contributed by atoms with Crippen molar-refractivity contribution in [2.45, 2.75) is 32.0 Å². The fourth-order valence-corrected chi connectivity index (χ4v) is 2.89. The van der Waals surface area contributed by atoms with Crippen molar-refractivity contribution in [1.29, 1.82) is 0 Å². The van der Waals surface area contributed by atoms with Gasteiger partial charge in [-0.15, -0.1) is 9.94 Å². The molecule has 2 aromatic rings. The summed E-state index contributed by atoms with van der Waals surface area (Å²) in [6, 6.07) is 9.81. The molecule has 1 aliphatic heterocycles. The summed E-state index contributed by atoms with van der Waals surface area (Å²) in [7, 11) is 0. The van der Waals surface area contributed by atoms with E-state index in [0.29, 0.717) is 44.7 Å². The number of hydrogen-bond acceptors (Lipinski definition) is 5. The number of nitrogens with zero attached hydrogens (tertiary/aromatic N) is 3. The number of carbonyl (C=O) groups excluding carboxylic acids is 1. The second-order valence-corrected chi connectivity index (χ2v) is 6.11. The molecule has 0 atom stereocenters. The zero-order valence-electron chi connectivity index (χ0n) is 14.3. The minimum atomic E-state index is -1.00. The van der Waals surface area contributed by atoms with Crippen LogP contribution in [0.4, 0.5) is 4.79 Å². The Balaban J connectivity index is 1.57. The zero-order valence-corrected chi connectivity index (χ0v) is 14.3. The molecule has 1 aliphatic rings. The van der Waals surface area contributed by atoms with E-state index >= 15 is 0 Å². The van der Waals surface area contributed by atoms with E-state index in [1.165, 1.54) is 4.85 Å². The minimum Gasteiger partial charge on any atom is -0.450 e.